The number of hydrogen-bond donors (Lipinski definition) is 8. The summed E-state index contributed by atoms with van der Waals surface area (Å²) in [5.74, 6) is 3.80. The molecule has 0 fully saturated rings. The molecule has 84 heavy (non-hydrogen) atoms. The molecule has 15 aromatic rings. The lowest BCUT2D eigenvalue weighted by Crippen LogP contribution is -2.02. The molecule has 15 rings (SSSR count). The van der Waals surface area contributed by atoms with Crippen molar-refractivity contribution in [1.29, 1.82) is 0 Å². The Balaban J connectivity index is 0.833. The molecule has 0 saturated carbocycles. The number of methoxy groups -OCH3 is 3. The molecule has 0 radical (unpaired) electrons. The van der Waals surface area contributed by atoms with E-state index in [1.165, 1.54) is 19.0 Å². The number of benzene rings is 3. The number of anilines is 6. The van der Waals surface area contributed by atoms with E-state index in [4.69, 9.17) is 57.1 Å². The van der Waals surface area contributed by atoms with E-state index in [0.717, 1.165) is 33.4 Å². The largest absolute Gasteiger partial charge is 0.495 e. The maximum atomic E-state index is 6.42. The number of ether oxygens (including phenoxy) is 3. The van der Waals surface area contributed by atoms with Gasteiger partial charge < -0.3 is 47.8 Å². The first kappa shape index (κ1) is 48.8. The lowest BCUT2D eigenvalue weighted by molar-refractivity contribution is 0.417. The Bertz CT molecular complexity index is 4860. The average molecular weight is 1120 g/mol. The summed E-state index contributed by atoms with van der Waals surface area (Å²) in [4.78, 5) is 27.8. The topological polar surface area (TPSA) is 337 Å². The summed E-state index contributed by atoms with van der Waals surface area (Å²) in [5, 5.41) is 50.6. The van der Waals surface area contributed by atoms with E-state index in [2.05, 4.69) is 71.6 Å². The van der Waals surface area contributed by atoms with Gasteiger partial charge in [-0.15, -0.1) is 0 Å². The first-order valence-electron chi connectivity index (χ1n) is 25.7. The lowest BCUT2D eigenvalue weighted by atomic mass is 9.96. The Labute approximate surface area is 471 Å². The highest BCUT2D eigenvalue weighted by molar-refractivity contribution is 6.06. The smallest absolute Gasteiger partial charge is 0.162 e. The summed E-state index contributed by atoms with van der Waals surface area (Å²) in [6, 6.07) is 22.8. The molecule has 0 atom stereocenters. The molecule has 0 saturated heterocycles. The van der Waals surface area contributed by atoms with Crippen molar-refractivity contribution in [3.63, 3.8) is 0 Å². The molecule has 0 spiro atoms. The molecule has 12 heterocycles. The Morgan fingerprint density at radius 1 is 0.440 bits per heavy atom. The predicted molar refractivity (Wildman–Crippen MR) is 308 cm³/mol. The molecule has 26 nitrogen and oxygen atoms in total. The third-order valence-electron chi connectivity index (χ3n) is 14.2. The van der Waals surface area contributed by atoms with E-state index in [-0.39, 0.29) is 0 Å². The summed E-state index contributed by atoms with van der Waals surface area (Å²) in [6.45, 7) is 0. The number of aromatic nitrogens is 16. The number of nitrogens with zero attached hydrogens (tertiary/aromatic N) is 11. The van der Waals surface area contributed by atoms with Crippen molar-refractivity contribution < 1.29 is 31.9 Å². The van der Waals surface area contributed by atoms with Crippen molar-refractivity contribution >= 4 is 67.6 Å². The Morgan fingerprint density at radius 2 is 1.05 bits per heavy atom. The van der Waals surface area contributed by atoms with Crippen LogP contribution < -0.4 is 30.2 Å². The number of hydrogen-bond acceptors (Lipinski definition) is 21. The third kappa shape index (κ3) is 8.23. The van der Waals surface area contributed by atoms with Crippen molar-refractivity contribution in [2.45, 2.75) is 0 Å². The number of nitrogens with one attached hydrogen (secondary N) is 8. The normalized spacial score (nSPS) is 11.5. The van der Waals surface area contributed by atoms with Crippen LogP contribution in [0.5, 0.6) is 17.2 Å². The third-order valence-corrected chi connectivity index (χ3v) is 14.2. The van der Waals surface area contributed by atoms with E-state index in [1.54, 1.807) is 77.5 Å². The van der Waals surface area contributed by atoms with Crippen molar-refractivity contribution in [3.8, 4) is 107 Å². The second-order valence-electron chi connectivity index (χ2n) is 18.9. The zero-order valence-electron chi connectivity index (χ0n) is 44.1. The van der Waals surface area contributed by atoms with Gasteiger partial charge in [0.05, 0.1) is 98.3 Å². The van der Waals surface area contributed by atoms with E-state index in [1.807, 2.05) is 72.8 Å². The van der Waals surface area contributed by atoms with Crippen LogP contribution in [0.3, 0.4) is 0 Å². The second-order valence-corrected chi connectivity index (χ2v) is 18.9. The summed E-state index contributed by atoms with van der Waals surface area (Å²) < 4.78 is 41.8. The van der Waals surface area contributed by atoms with Crippen LogP contribution in [0.1, 0.15) is 0 Å². The van der Waals surface area contributed by atoms with Gasteiger partial charge in [0, 0.05) is 56.9 Å². The van der Waals surface area contributed by atoms with Gasteiger partial charge in [-0.2, -0.15) is 25.5 Å². The van der Waals surface area contributed by atoms with Crippen LogP contribution >= 0.6 is 0 Å². The van der Waals surface area contributed by atoms with Crippen LogP contribution in [0.25, 0.3) is 123 Å². The number of H-pyrrole nitrogens is 5. The van der Waals surface area contributed by atoms with Crippen LogP contribution in [-0.4, -0.2) is 102 Å². The van der Waals surface area contributed by atoms with E-state index < -0.39 is 0 Å². The standard InChI is InChI=1S/C58H41N19O7/c1-78-42-7-6-28(41-5-4-11-83-41)17-38(42)68-54-44-48(73-76-57(44)63-26-60-54)37-22-67-71-47(37)36-16-32(30-9-13-82-24-30)19-40(51(36)80-3)70-55-45-49(74-77-58(45)64-27-61-55)52-34(10-14-84-52)35-15-31(29-8-12-81-23-29)18-39(50(35)79-2)69-53-43-46(33-20-65-66-21-33)72-75-56(43)62-25-59-53/h4-27H,1-3H3,(H,65,66)(H,67,71)(H2,59,62,69,72,75)(H2,60,63,68,73,76)(H2,61,64,70,74,77). The van der Waals surface area contributed by atoms with Gasteiger partial charge in [0.15, 0.2) is 28.5 Å². The zero-order chi connectivity index (χ0) is 56.3. The second kappa shape index (κ2) is 20.1. The summed E-state index contributed by atoms with van der Waals surface area (Å²) >= 11 is 0. The van der Waals surface area contributed by atoms with E-state index in [9.17, 15) is 0 Å². The Morgan fingerprint density at radius 3 is 1.65 bits per heavy atom. The minimum Gasteiger partial charge on any atom is -0.495 e. The highest BCUT2D eigenvalue weighted by Crippen LogP contribution is 2.49. The molecule has 0 aliphatic carbocycles. The fraction of sp³-hybridized carbons (Fsp3) is 0.0517. The van der Waals surface area contributed by atoms with Crippen LogP contribution in [0.15, 0.2) is 166 Å². The first-order chi connectivity index (χ1) is 41.5. The van der Waals surface area contributed by atoms with E-state index in [0.29, 0.717) is 141 Å². The molecule has 410 valence electrons. The summed E-state index contributed by atoms with van der Waals surface area (Å²) in [6.07, 6.45) is 19.3. The summed E-state index contributed by atoms with van der Waals surface area (Å²) in [7, 11) is 4.78. The monoisotopic (exact) mass is 1120 g/mol. The van der Waals surface area contributed by atoms with Crippen molar-refractivity contribution in [2.75, 3.05) is 37.3 Å². The van der Waals surface area contributed by atoms with Crippen LogP contribution in [0, 0.1) is 0 Å². The van der Waals surface area contributed by atoms with Crippen molar-refractivity contribution in [3.05, 3.63) is 148 Å². The predicted octanol–water partition coefficient (Wildman–Crippen LogP) is 12.1. The fourth-order valence-corrected chi connectivity index (χ4v) is 10.4. The molecule has 0 aliphatic rings. The van der Waals surface area contributed by atoms with Gasteiger partial charge in [-0.25, -0.2) is 29.9 Å². The SMILES string of the molecule is COc1ccc(-c2ccco2)cc1Nc1ncnc2[nH]nc(-c3c[nH]nc3-c3cc(-c4ccoc4)cc(Nc4ncnc5[nH]nc(-c6occc6-c6cc(-c7ccoc7)cc(Nc7ncnc8[nH]nc(-c9cn[nH]c9)c78)c6OC)c45)c3OC)c12. The van der Waals surface area contributed by atoms with Gasteiger partial charge in [0.1, 0.15) is 76.5 Å². The zero-order valence-corrected chi connectivity index (χ0v) is 44.1. The van der Waals surface area contributed by atoms with Crippen LogP contribution in [-0.2, 0) is 0 Å². The Kier molecular flexibility index (Phi) is 11.7. The molecule has 26 heteroatoms. The molecule has 3 aromatic carbocycles. The van der Waals surface area contributed by atoms with Crippen molar-refractivity contribution in [2.24, 2.45) is 0 Å². The minimum absolute atomic E-state index is 0.363. The average Bonchev–Trinajstić information content (AvgIpc) is 3.89. The number of furan rings is 4. The fourth-order valence-electron chi connectivity index (χ4n) is 10.4. The van der Waals surface area contributed by atoms with Gasteiger partial charge in [-0.3, -0.25) is 25.5 Å². The molecular weight excluding hydrogens is 1070 g/mol. The van der Waals surface area contributed by atoms with Crippen LogP contribution in [0.4, 0.5) is 34.5 Å². The number of fused-ring (bicyclic) bond motifs is 3. The van der Waals surface area contributed by atoms with Crippen LogP contribution in [0.2, 0.25) is 0 Å². The Hall–Kier alpha value is -12.4. The van der Waals surface area contributed by atoms with E-state index >= 15 is 0 Å². The molecule has 8 N–H and O–H groups in total. The van der Waals surface area contributed by atoms with Gasteiger partial charge in [0.2, 0.25) is 0 Å². The minimum atomic E-state index is 0.363. The molecule has 0 unspecified atom stereocenters. The lowest BCUT2D eigenvalue weighted by Gasteiger charge is -2.18. The molecular formula is C58H41N19O7. The van der Waals surface area contributed by atoms with Gasteiger partial charge in [0.25, 0.3) is 0 Å². The maximum Gasteiger partial charge on any atom is 0.162 e. The van der Waals surface area contributed by atoms with Gasteiger partial charge in [-0.1, -0.05) is 0 Å². The summed E-state index contributed by atoms with van der Waals surface area (Å²) in [5.41, 5.74) is 12.2. The maximum absolute atomic E-state index is 6.42. The van der Waals surface area contributed by atoms with Crippen molar-refractivity contribution in [1.82, 2.24) is 80.9 Å². The molecule has 0 amide bonds. The van der Waals surface area contributed by atoms with Gasteiger partial charge >= 0.3 is 0 Å². The number of rotatable bonds is 17. The molecule has 0 aliphatic heterocycles. The highest BCUT2D eigenvalue weighted by Gasteiger charge is 2.29. The number of aromatic amines is 5. The highest BCUT2D eigenvalue weighted by atomic mass is 16.5. The van der Waals surface area contributed by atoms with Gasteiger partial charge in [-0.05, 0) is 83.9 Å². The molecule has 0 bridgehead atoms. The first-order valence-corrected chi connectivity index (χ1v) is 25.7. The quantitative estimate of drug-likeness (QED) is 0.0420. The molecule has 12 aromatic heterocycles.